The molecule has 0 bridgehead atoms. The van der Waals surface area contributed by atoms with E-state index in [2.05, 4.69) is 10.3 Å². The minimum atomic E-state index is -4.65. The van der Waals surface area contributed by atoms with Gasteiger partial charge in [0.2, 0.25) is 0 Å². The van der Waals surface area contributed by atoms with Gasteiger partial charge < -0.3 is 10.1 Å². The van der Waals surface area contributed by atoms with Gasteiger partial charge in [-0.2, -0.15) is 13.2 Å². The van der Waals surface area contributed by atoms with Gasteiger partial charge in [-0.25, -0.2) is 4.79 Å². The van der Waals surface area contributed by atoms with Crippen LogP contribution in [0.25, 0.3) is 0 Å². The fraction of sp³-hybridized carbons (Fsp3) is 0.500. The number of halogens is 3. The summed E-state index contributed by atoms with van der Waals surface area (Å²) in [7, 11) is 0. The van der Waals surface area contributed by atoms with Gasteiger partial charge in [-0.3, -0.25) is 14.7 Å². The second kappa shape index (κ2) is 5.48. The van der Waals surface area contributed by atoms with Gasteiger partial charge in [-0.05, 0) is 6.07 Å². The van der Waals surface area contributed by atoms with E-state index in [1.807, 2.05) is 0 Å². The van der Waals surface area contributed by atoms with E-state index < -0.39 is 35.9 Å². The molecule has 1 aromatic rings. The predicted molar refractivity (Wildman–Crippen MR) is 71.1 cm³/mol. The molecule has 2 aliphatic rings. The lowest BCUT2D eigenvalue weighted by Gasteiger charge is -2.30. The van der Waals surface area contributed by atoms with Gasteiger partial charge in [0.25, 0.3) is 5.91 Å². The molecule has 0 saturated carbocycles. The van der Waals surface area contributed by atoms with Crippen molar-refractivity contribution in [3.8, 4) is 0 Å². The standard InChI is InChI=1S/C14H14F3N3O3/c15-14(16,17)10-9(2-1-5-18-10)8-20-11(21)13(19-12(20)22)3-6-23-7-4-13/h1-2,5H,3-4,6-8H2,(H,19,22). The first kappa shape index (κ1) is 15.7. The summed E-state index contributed by atoms with van der Waals surface area (Å²) >= 11 is 0. The van der Waals surface area contributed by atoms with Crippen LogP contribution in [0.5, 0.6) is 0 Å². The van der Waals surface area contributed by atoms with Crippen LogP contribution in [-0.4, -0.2) is 40.6 Å². The summed E-state index contributed by atoms with van der Waals surface area (Å²) in [6.07, 6.45) is -3.00. The molecule has 1 N–H and O–H groups in total. The van der Waals surface area contributed by atoms with Crippen molar-refractivity contribution in [3.05, 3.63) is 29.6 Å². The number of urea groups is 1. The van der Waals surface area contributed by atoms with Crippen LogP contribution in [0.2, 0.25) is 0 Å². The minimum absolute atomic E-state index is 0.215. The second-order valence-electron chi connectivity index (χ2n) is 5.52. The van der Waals surface area contributed by atoms with E-state index in [9.17, 15) is 22.8 Å². The summed E-state index contributed by atoms with van der Waals surface area (Å²) in [5, 5.41) is 2.60. The zero-order valence-corrected chi connectivity index (χ0v) is 12.0. The smallest absolute Gasteiger partial charge is 0.381 e. The number of ether oxygens (including phenoxy) is 1. The summed E-state index contributed by atoms with van der Waals surface area (Å²) in [6.45, 7) is 0.178. The summed E-state index contributed by atoms with van der Waals surface area (Å²) in [4.78, 5) is 28.8. The zero-order valence-electron chi connectivity index (χ0n) is 12.0. The number of hydrogen-bond donors (Lipinski definition) is 1. The SMILES string of the molecule is O=C1NC2(CCOCC2)C(=O)N1Cc1cccnc1C(F)(F)F. The third-order valence-corrected chi connectivity index (χ3v) is 4.08. The number of nitrogens with one attached hydrogen (secondary N) is 1. The number of carbonyl (C=O) groups excluding carboxylic acids is 2. The molecule has 23 heavy (non-hydrogen) atoms. The van der Waals surface area contributed by atoms with E-state index in [1.54, 1.807) is 0 Å². The largest absolute Gasteiger partial charge is 0.433 e. The van der Waals surface area contributed by atoms with Crippen molar-refractivity contribution in [1.82, 2.24) is 15.2 Å². The quantitative estimate of drug-likeness (QED) is 0.839. The van der Waals surface area contributed by atoms with Gasteiger partial charge >= 0.3 is 12.2 Å². The summed E-state index contributed by atoms with van der Waals surface area (Å²) in [6, 6.07) is 1.87. The molecule has 9 heteroatoms. The van der Waals surface area contributed by atoms with Gasteiger partial charge in [0, 0.05) is 37.8 Å². The highest BCUT2D eigenvalue weighted by Crippen LogP contribution is 2.33. The van der Waals surface area contributed by atoms with E-state index >= 15 is 0 Å². The van der Waals surface area contributed by atoms with Crippen LogP contribution >= 0.6 is 0 Å². The molecule has 3 rings (SSSR count). The number of imide groups is 1. The third-order valence-electron chi connectivity index (χ3n) is 4.08. The number of amides is 3. The molecule has 0 atom stereocenters. The van der Waals surface area contributed by atoms with Crippen molar-refractivity contribution in [1.29, 1.82) is 0 Å². The Balaban J connectivity index is 1.87. The molecule has 2 aliphatic heterocycles. The van der Waals surface area contributed by atoms with Crippen LogP contribution in [0, 0.1) is 0 Å². The summed E-state index contributed by atoms with van der Waals surface area (Å²) in [5.41, 5.74) is -2.36. The van der Waals surface area contributed by atoms with Crippen molar-refractivity contribution < 1.29 is 27.5 Å². The number of aromatic nitrogens is 1. The molecule has 124 valence electrons. The fourth-order valence-corrected chi connectivity index (χ4v) is 2.87. The first-order chi connectivity index (χ1) is 10.8. The Labute approximate surface area is 129 Å². The molecular formula is C14H14F3N3O3. The predicted octanol–water partition coefficient (Wildman–Crippen LogP) is 1.70. The van der Waals surface area contributed by atoms with Crippen LogP contribution in [-0.2, 0) is 22.3 Å². The summed E-state index contributed by atoms with van der Waals surface area (Å²) < 4.78 is 44.1. The van der Waals surface area contributed by atoms with E-state index in [4.69, 9.17) is 4.74 Å². The highest BCUT2D eigenvalue weighted by Gasteiger charge is 2.52. The average molecular weight is 329 g/mol. The second-order valence-corrected chi connectivity index (χ2v) is 5.52. The Morgan fingerprint density at radius 3 is 2.65 bits per heavy atom. The van der Waals surface area contributed by atoms with Gasteiger partial charge in [0.1, 0.15) is 11.2 Å². The van der Waals surface area contributed by atoms with Gasteiger partial charge in [0.05, 0.1) is 6.54 Å². The van der Waals surface area contributed by atoms with Crippen molar-refractivity contribution in [2.45, 2.75) is 31.1 Å². The van der Waals surface area contributed by atoms with Crippen molar-refractivity contribution >= 4 is 11.9 Å². The molecule has 2 fully saturated rings. The molecule has 3 heterocycles. The fourth-order valence-electron chi connectivity index (χ4n) is 2.87. The highest BCUT2D eigenvalue weighted by atomic mass is 19.4. The number of rotatable bonds is 2. The Morgan fingerprint density at radius 1 is 1.30 bits per heavy atom. The number of nitrogens with zero attached hydrogens (tertiary/aromatic N) is 2. The topological polar surface area (TPSA) is 71.5 Å². The zero-order chi connectivity index (χ0) is 16.7. The molecule has 6 nitrogen and oxygen atoms in total. The third kappa shape index (κ3) is 2.76. The van der Waals surface area contributed by atoms with Crippen molar-refractivity contribution in [3.63, 3.8) is 0 Å². The molecule has 1 aromatic heterocycles. The molecule has 0 unspecified atom stereocenters. The minimum Gasteiger partial charge on any atom is -0.381 e. The van der Waals surface area contributed by atoms with Gasteiger partial charge in [0.15, 0.2) is 0 Å². The van der Waals surface area contributed by atoms with Crippen LogP contribution in [0.1, 0.15) is 24.1 Å². The first-order valence-electron chi connectivity index (χ1n) is 7.06. The summed E-state index contributed by atoms with van der Waals surface area (Å²) in [5.74, 6) is -0.511. The van der Waals surface area contributed by atoms with Gasteiger partial charge in [-0.1, -0.05) is 6.07 Å². The molecule has 0 radical (unpaired) electrons. The Hall–Kier alpha value is -2.16. The maximum atomic E-state index is 13.0. The van der Waals surface area contributed by atoms with Crippen LogP contribution < -0.4 is 5.32 Å². The molecule has 0 aromatic carbocycles. The van der Waals surface area contributed by atoms with E-state index in [1.165, 1.54) is 12.1 Å². The monoisotopic (exact) mass is 329 g/mol. The number of pyridine rings is 1. The van der Waals surface area contributed by atoms with Crippen molar-refractivity contribution in [2.24, 2.45) is 0 Å². The first-order valence-corrected chi connectivity index (χ1v) is 7.06. The Kier molecular flexibility index (Phi) is 3.75. The Morgan fingerprint density at radius 2 is 2.00 bits per heavy atom. The number of hydrogen-bond acceptors (Lipinski definition) is 4. The molecule has 0 aliphatic carbocycles. The number of alkyl halides is 3. The molecule has 1 spiro atoms. The average Bonchev–Trinajstić information content (AvgIpc) is 2.72. The van der Waals surface area contributed by atoms with E-state index in [-0.39, 0.29) is 5.56 Å². The van der Waals surface area contributed by atoms with Crippen LogP contribution in [0.3, 0.4) is 0 Å². The lowest BCUT2D eigenvalue weighted by atomic mass is 9.90. The molecular weight excluding hydrogens is 315 g/mol. The lowest BCUT2D eigenvalue weighted by Crippen LogP contribution is -2.51. The lowest BCUT2D eigenvalue weighted by molar-refractivity contribution is -0.143. The maximum absolute atomic E-state index is 13.0. The van der Waals surface area contributed by atoms with E-state index in [0.717, 1.165) is 11.1 Å². The van der Waals surface area contributed by atoms with Crippen LogP contribution in [0.4, 0.5) is 18.0 Å². The van der Waals surface area contributed by atoms with E-state index in [0.29, 0.717) is 26.1 Å². The number of carbonyl (C=O) groups is 2. The van der Waals surface area contributed by atoms with Crippen LogP contribution in [0.15, 0.2) is 18.3 Å². The Bertz CT molecular complexity index is 642. The highest BCUT2D eigenvalue weighted by molar-refractivity contribution is 6.07. The maximum Gasteiger partial charge on any atom is 0.433 e. The molecule has 3 amide bonds. The normalized spacial score (nSPS) is 20.9. The molecule has 2 saturated heterocycles. The van der Waals surface area contributed by atoms with Crippen molar-refractivity contribution in [2.75, 3.05) is 13.2 Å². The van der Waals surface area contributed by atoms with Gasteiger partial charge in [-0.15, -0.1) is 0 Å².